The van der Waals surface area contributed by atoms with Crippen LogP contribution in [0.1, 0.15) is 52.9 Å². The third-order valence-electron chi connectivity index (χ3n) is 5.61. The Bertz CT molecular complexity index is 1490. The largest absolute Gasteiger partial charge is 0.465 e. The number of hydrogen-bond donors (Lipinski definition) is 2. The summed E-state index contributed by atoms with van der Waals surface area (Å²) in [5, 5.41) is 11.7. The predicted octanol–water partition coefficient (Wildman–Crippen LogP) is 3.86. The quantitative estimate of drug-likeness (QED) is 0.354. The molecule has 0 fully saturated rings. The molecule has 2 aromatic carbocycles. The molecule has 1 atom stereocenters. The zero-order valence-electron chi connectivity index (χ0n) is 20.1. The lowest BCUT2D eigenvalue weighted by Gasteiger charge is -2.14. The number of methoxy groups -OCH3 is 1. The van der Waals surface area contributed by atoms with Crippen LogP contribution in [0.4, 0.5) is 0 Å². The van der Waals surface area contributed by atoms with Crippen LogP contribution in [0.25, 0.3) is 5.65 Å². The van der Waals surface area contributed by atoms with Gasteiger partial charge in [0, 0.05) is 0 Å². The molecule has 2 heterocycles. The second-order valence-corrected chi connectivity index (χ2v) is 9.90. The maximum Gasteiger partial charge on any atom is 0.337 e. The third kappa shape index (κ3) is 4.77. The number of fused-ring (bicyclic) bond motifs is 1. The third-order valence-corrected chi connectivity index (χ3v) is 7.30. The van der Waals surface area contributed by atoms with E-state index in [9.17, 15) is 13.2 Å². The van der Waals surface area contributed by atoms with Crippen molar-refractivity contribution >= 4 is 21.6 Å². The van der Waals surface area contributed by atoms with Gasteiger partial charge < -0.3 is 9.47 Å². The number of hydrogen-bond acceptors (Lipinski definition) is 7. The van der Waals surface area contributed by atoms with E-state index in [4.69, 9.17) is 9.47 Å². The number of aryl methyl sites for hydroxylation is 3. The SMILES string of the molecule is CCc1[nH]n2c(C(C)NS(=O)(=O)c3cc(C)ccc3C)nnc2c1Oc1ccc(C(=O)OC)cc1. The van der Waals surface area contributed by atoms with Gasteiger partial charge in [-0.25, -0.2) is 22.4 Å². The summed E-state index contributed by atoms with van der Waals surface area (Å²) in [5.41, 5.74) is 3.10. The molecule has 4 rings (SSSR count). The fourth-order valence-electron chi connectivity index (χ4n) is 3.74. The topological polar surface area (TPSA) is 128 Å². The zero-order chi connectivity index (χ0) is 25.3. The number of H-pyrrole nitrogens is 1. The van der Waals surface area contributed by atoms with Gasteiger partial charge in [0.05, 0.1) is 29.3 Å². The number of nitrogens with one attached hydrogen (secondary N) is 2. The van der Waals surface area contributed by atoms with Gasteiger partial charge in [-0.3, -0.25) is 5.10 Å². The molecule has 0 aliphatic heterocycles. The Morgan fingerprint density at radius 2 is 1.86 bits per heavy atom. The van der Waals surface area contributed by atoms with Crippen molar-refractivity contribution in [2.75, 3.05) is 7.11 Å². The van der Waals surface area contributed by atoms with Crippen molar-refractivity contribution in [3.63, 3.8) is 0 Å². The summed E-state index contributed by atoms with van der Waals surface area (Å²) in [7, 11) is -2.47. The highest BCUT2D eigenvalue weighted by Gasteiger charge is 2.26. The molecule has 0 aliphatic rings. The van der Waals surface area contributed by atoms with Crippen molar-refractivity contribution in [1.29, 1.82) is 0 Å². The molecule has 0 saturated carbocycles. The summed E-state index contributed by atoms with van der Waals surface area (Å²) in [4.78, 5) is 11.9. The molecule has 10 nitrogen and oxygen atoms in total. The number of sulfonamides is 1. The van der Waals surface area contributed by atoms with Crippen molar-refractivity contribution in [1.82, 2.24) is 24.5 Å². The molecule has 0 saturated heterocycles. The first-order valence-corrected chi connectivity index (χ1v) is 12.5. The summed E-state index contributed by atoms with van der Waals surface area (Å²) in [6.07, 6.45) is 0.612. The molecule has 4 aromatic rings. The Hall–Kier alpha value is -3.70. The van der Waals surface area contributed by atoms with E-state index in [0.29, 0.717) is 40.5 Å². The first-order chi connectivity index (χ1) is 16.6. The van der Waals surface area contributed by atoms with E-state index in [2.05, 4.69) is 20.0 Å². The van der Waals surface area contributed by atoms with Gasteiger partial charge in [-0.1, -0.05) is 19.1 Å². The van der Waals surface area contributed by atoms with Gasteiger partial charge in [-0.05, 0) is 68.7 Å². The Morgan fingerprint density at radius 1 is 1.14 bits per heavy atom. The number of carbonyl (C=O) groups is 1. The van der Waals surface area contributed by atoms with Crippen molar-refractivity contribution in [2.24, 2.45) is 0 Å². The molecular formula is C24H27N5O5S. The second-order valence-electron chi connectivity index (χ2n) is 8.22. The van der Waals surface area contributed by atoms with Crippen molar-refractivity contribution < 1.29 is 22.7 Å². The number of aromatic nitrogens is 4. The fraction of sp³-hybridized carbons (Fsp3) is 0.292. The lowest BCUT2D eigenvalue weighted by molar-refractivity contribution is 0.0600. The summed E-state index contributed by atoms with van der Waals surface area (Å²) < 4.78 is 41.3. The number of rotatable bonds is 8. The highest BCUT2D eigenvalue weighted by atomic mass is 32.2. The molecule has 11 heteroatoms. The highest BCUT2D eigenvalue weighted by Crippen LogP contribution is 2.31. The fourth-order valence-corrected chi connectivity index (χ4v) is 5.27. The predicted molar refractivity (Wildman–Crippen MR) is 129 cm³/mol. The van der Waals surface area contributed by atoms with Crippen molar-refractivity contribution in [3.8, 4) is 11.5 Å². The Morgan fingerprint density at radius 3 is 2.51 bits per heavy atom. The van der Waals surface area contributed by atoms with E-state index in [-0.39, 0.29) is 4.90 Å². The molecule has 184 valence electrons. The van der Waals surface area contributed by atoms with Gasteiger partial charge in [0.25, 0.3) is 0 Å². The minimum atomic E-state index is -3.79. The van der Waals surface area contributed by atoms with E-state index < -0.39 is 22.0 Å². The van der Waals surface area contributed by atoms with Gasteiger partial charge in [-0.2, -0.15) is 0 Å². The molecule has 0 spiro atoms. The van der Waals surface area contributed by atoms with Crippen LogP contribution in [0.3, 0.4) is 0 Å². The number of ether oxygens (including phenoxy) is 2. The molecule has 0 bridgehead atoms. The normalized spacial score (nSPS) is 12.6. The van der Waals surface area contributed by atoms with Crippen LogP contribution in [0.5, 0.6) is 11.5 Å². The van der Waals surface area contributed by atoms with Gasteiger partial charge in [0.15, 0.2) is 11.6 Å². The molecule has 0 radical (unpaired) electrons. The lowest BCUT2D eigenvalue weighted by atomic mass is 10.2. The highest BCUT2D eigenvalue weighted by molar-refractivity contribution is 7.89. The first-order valence-electron chi connectivity index (χ1n) is 11.1. The van der Waals surface area contributed by atoms with Crippen LogP contribution in [0.2, 0.25) is 0 Å². The summed E-state index contributed by atoms with van der Waals surface area (Å²) in [6.45, 7) is 7.27. The Balaban J connectivity index is 1.63. The minimum Gasteiger partial charge on any atom is -0.465 e. The van der Waals surface area contributed by atoms with E-state index in [0.717, 1.165) is 11.3 Å². The number of benzene rings is 2. The standard InChI is InChI=1S/C24H27N5O5S/c1-6-19-21(34-18-11-9-17(10-12-18)24(30)33-5)23-26-25-22(29(23)27-19)16(4)28-35(31,32)20-13-14(2)7-8-15(20)3/h7-13,16,27-28H,6H2,1-5H3. The summed E-state index contributed by atoms with van der Waals surface area (Å²) >= 11 is 0. The average Bonchev–Trinajstić information content (AvgIpc) is 3.40. The molecule has 1 unspecified atom stereocenters. The number of nitrogens with zero attached hydrogens (tertiary/aromatic N) is 3. The smallest absolute Gasteiger partial charge is 0.337 e. The number of aromatic amines is 1. The van der Waals surface area contributed by atoms with E-state index >= 15 is 0 Å². The van der Waals surface area contributed by atoms with Crippen molar-refractivity contribution in [2.45, 2.75) is 45.1 Å². The van der Waals surface area contributed by atoms with Crippen LogP contribution < -0.4 is 9.46 Å². The maximum atomic E-state index is 13.1. The minimum absolute atomic E-state index is 0.227. The molecule has 2 N–H and O–H groups in total. The molecular weight excluding hydrogens is 470 g/mol. The molecule has 0 amide bonds. The average molecular weight is 498 g/mol. The summed E-state index contributed by atoms with van der Waals surface area (Å²) in [6, 6.07) is 11.2. The van der Waals surface area contributed by atoms with Gasteiger partial charge in [0.2, 0.25) is 15.7 Å². The first kappa shape index (κ1) is 24.4. The van der Waals surface area contributed by atoms with Crippen LogP contribution >= 0.6 is 0 Å². The van der Waals surface area contributed by atoms with Crippen LogP contribution in [0.15, 0.2) is 47.4 Å². The van der Waals surface area contributed by atoms with Gasteiger partial charge >= 0.3 is 5.97 Å². The van der Waals surface area contributed by atoms with E-state index in [1.54, 1.807) is 54.8 Å². The molecule has 2 aromatic heterocycles. The maximum absolute atomic E-state index is 13.1. The Labute approximate surface area is 203 Å². The van der Waals surface area contributed by atoms with Crippen LogP contribution in [-0.4, -0.2) is 41.3 Å². The second kappa shape index (κ2) is 9.51. The van der Waals surface area contributed by atoms with Gasteiger partial charge in [-0.15, -0.1) is 10.2 Å². The monoisotopic (exact) mass is 497 g/mol. The lowest BCUT2D eigenvalue weighted by Crippen LogP contribution is -2.29. The zero-order valence-corrected chi connectivity index (χ0v) is 20.9. The molecule has 0 aliphatic carbocycles. The summed E-state index contributed by atoms with van der Waals surface area (Å²) in [5.74, 6) is 0.928. The molecule has 35 heavy (non-hydrogen) atoms. The van der Waals surface area contributed by atoms with E-state index in [1.165, 1.54) is 7.11 Å². The van der Waals surface area contributed by atoms with E-state index in [1.807, 2.05) is 19.9 Å². The van der Waals surface area contributed by atoms with Crippen LogP contribution in [0, 0.1) is 13.8 Å². The van der Waals surface area contributed by atoms with Gasteiger partial charge in [0.1, 0.15) is 5.75 Å². The van der Waals surface area contributed by atoms with Crippen molar-refractivity contribution in [3.05, 3.63) is 70.7 Å². The van der Waals surface area contributed by atoms with Crippen LogP contribution in [-0.2, 0) is 21.2 Å². The Kier molecular flexibility index (Phi) is 6.64. The number of esters is 1. The number of carbonyl (C=O) groups excluding carboxylic acids is 1.